The van der Waals surface area contributed by atoms with Crippen LogP contribution in [0.15, 0.2) is 36.5 Å². The van der Waals surface area contributed by atoms with Gasteiger partial charge in [-0.2, -0.15) is 5.10 Å². The van der Waals surface area contributed by atoms with Crippen LogP contribution in [0.25, 0.3) is 0 Å². The van der Waals surface area contributed by atoms with Crippen LogP contribution >= 0.6 is 0 Å². The minimum atomic E-state index is -0.205. The molecule has 0 saturated heterocycles. The molecule has 0 bridgehead atoms. The number of anilines is 2. The summed E-state index contributed by atoms with van der Waals surface area (Å²) >= 11 is 0. The zero-order valence-electron chi connectivity index (χ0n) is 10.3. The smallest absolute Gasteiger partial charge is 0.258 e. The maximum atomic E-state index is 12.1. The molecule has 1 aromatic carbocycles. The molecule has 0 unspecified atom stereocenters. The Balaban J connectivity index is 2.26. The average Bonchev–Trinajstić information content (AvgIpc) is 2.40. The molecule has 2 aromatic rings. The number of aromatic nitrogens is 2. The van der Waals surface area contributed by atoms with Crippen molar-refractivity contribution in [1.29, 1.82) is 0 Å². The molecule has 0 fully saturated rings. The summed E-state index contributed by atoms with van der Waals surface area (Å²) in [5.41, 5.74) is 2.39. The number of nitrogens with zero attached hydrogens (tertiary/aromatic N) is 2. The zero-order valence-corrected chi connectivity index (χ0v) is 10.3. The molecule has 5 heteroatoms. The molecule has 1 aromatic heterocycles. The number of rotatable bonds is 3. The molecule has 0 aliphatic heterocycles. The van der Waals surface area contributed by atoms with Crippen molar-refractivity contribution < 1.29 is 4.79 Å². The molecule has 0 spiro atoms. The first-order valence-corrected chi connectivity index (χ1v) is 5.58. The number of carbonyl (C=O) groups excluding carboxylic acids is 1. The van der Waals surface area contributed by atoms with E-state index in [1.54, 1.807) is 25.4 Å². The topological polar surface area (TPSA) is 66.9 Å². The fourth-order valence-corrected chi connectivity index (χ4v) is 1.62. The molecular formula is C13H14N4O. The van der Waals surface area contributed by atoms with E-state index in [1.165, 1.54) is 0 Å². The Labute approximate surface area is 105 Å². The van der Waals surface area contributed by atoms with Gasteiger partial charge in [0.1, 0.15) is 0 Å². The molecule has 0 saturated carbocycles. The van der Waals surface area contributed by atoms with Gasteiger partial charge in [-0.1, -0.05) is 11.6 Å². The normalized spacial score (nSPS) is 9.89. The predicted octanol–water partition coefficient (Wildman–Crippen LogP) is 2.08. The molecule has 0 radical (unpaired) electrons. The average molecular weight is 242 g/mol. The van der Waals surface area contributed by atoms with E-state index >= 15 is 0 Å². The van der Waals surface area contributed by atoms with E-state index in [0.717, 1.165) is 11.3 Å². The fraction of sp³-hybridized carbons (Fsp3) is 0.154. The summed E-state index contributed by atoms with van der Waals surface area (Å²) in [6.07, 6.45) is 1.56. The third kappa shape index (κ3) is 2.63. The van der Waals surface area contributed by atoms with Gasteiger partial charge in [0.05, 0.1) is 5.56 Å². The Morgan fingerprint density at radius 2 is 2.11 bits per heavy atom. The molecule has 18 heavy (non-hydrogen) atoms. The second kappa shape index (κ2) is 5.27. The lowest BCUT2D eigenvalue weighted by Gasteiger charge is -2.09. The molecule has 2 rings (SSSR count). The lowest BCUT2D eigenvalue weighted by molar-refractivity contribution is 0.102. The maximum Gasteiger partial charge on any atom is 0.258 e. The zero-order chi connectivity index (χ0) is 13.0. The molecule has 92 valence electrons. The second-order valence-corrected chi connectivity index (χ2v) is 3.86. The van der Waals surface area contributed by atoms with Crippen LogP contribution < -0.4 is 10.6 Å². The molecule has 2 N–H and O–H groups in total. The van der Waals surface area contributed by atoms with Crippen molar-refractivity contribution in [1.82, 2.24) is 10.2 Å². The molecule has 0 aliphatic carbocycles. The van der Waals surface area contributed by atoms with E-state index in [4.69, 9.17) is 0 Å². The second-order valence-electron chi connectivity index (χ2n) is 3.86. The summed E-state index contributed by atoms with van der Waals surface area (Å²) in [5, 5.41) is 13.2. The van der Waals surface area contributed by atoms with Crippen LogP contribution in [0, 0.1) is 6.92 Å². The molecule has 0 aliphatic rings. The van der Waals surface area contributed by atoms with E-state index < -0.39 is 0 Å². The number of nitrogens with one attached hydrogen (secondary N) is 2. The summed E-state index contributed by atoms with van der Waals surface area (Å²) in [4.78, 5) is 12.1. The van der Waals surface area contributed by atoms with E-state index in [1.807, 2.05) is 25.1 Å². The first-order chi connectivity index (χ1) is 8.70. The van der Waals surface area contributed by atoms with Gasteiger partial charge in [0, 0.05) is 18.9 Å². The molecule has 1 heterocycles. The van der Waals surface area contributed by atoms with Crippen LogP contribution in [0.1, 0.15) is 15.9 Å². The number of carbonyl (C=O) groups is 1. The monoisotopic (exact) mass is 242 g/mol. The first-order valence-electron chi connectivity index (χ1n) is 5.58. The van der Waals surface area contributed by atoms with Crippen molar-refractivity contribution in [2.45, 2.75) is 6.92 Å². The van der Waals surface area contributed by atoms with E-state index in [2.05, 4.69) is 20.8 Å². The van der Waals surface area contributed by atoms with Gasteiger partial charge >= 0.3 is 0 Å². The molecule has 0 atom stereocenters. The van der Waals surface area contributed by atoms with Gasteiger partial charge in [-0.25, -0.2) is 0 Å². The number of hydrogen-bond acceptors (Lipinski definition) is 4. The van der Waals surface area contributed by atoms with E-state index in [-0.39, 0.29) is 5.91 Å². The Morgan fingerprint density at radius 3 is 2.78 bits per heavy atom. The van der Waals surface area contributed by atoms with E-state index in [9.17, 15) is 4.79 Å². The van der Waals surface area contributed by atoms with Gasteiger partial charge < -0.3 is 10.6 Å². The van der Waals surface area contributed by atoms with Gasteiger partial charge in [0.2, 0.25) is 0 Å². The standard InChI is InChI=1S/C13H14N4O/c1-9-5-6-11(14-2)10(8-9)13(18)16-12-4-3-7-15-17-12/h3-8,14H,1-2H3,(H,16,17,18). The Kier molecular flexibility index (Phi) is 3.52. The van der Waals surface area contributed by atoms with Crippen LogP contribution in [0.3, 0.4) is 0 Å². The van der Waals surface area contributed by atoms with Crippen LogP contribution in [-0.4, -0.2) is 23.2 Å². The summed E-state index contributed by atoms with van der Waals surface area (Å²) in [5.74, 6) is 0.231. The Bertz CT molecular complexity index is 554. The van der Waals surface area contributed by atoms with Crippen LogP contribution in [0.5, 0.6) is 0 Å². The highest BCUT2D eigenvalue weighted by Crippen LogP contribution is 2.18. The van der Waals surface area contributed by atoms with Gasteiger partial charge in [-0.15, -0.1) is 5.10 Å². The molecule has 5 nitrogen and oxygen atoms in total. The highest BCUT2D eigenvalue weighted by atomic mass is 16.1. The van der Waals surface area contributed by atoms with E-state index in [0.29, 0.717) is 11.4 Å². The third-order valence-electron chi connectivity index (χ3n) is 2.50. The number of hydrogen-bond donors (Lipinski definition) is 2. The molecular weight excluding hydrogens is 228 g/mol. The van der Waals surface area contributed by atoms with Gasteiger partial charge in [0.15, 0.2) is 5.82 Å². The fourth-order valence-electron chi connectivity index (χ4n) is 1.62. The highest BCUT2D eigenvalue weighted by Gasteiger charge is 2.11. The summed E-state index contributed by atoms with van der Waals surface area (Å²) in [6.45, 7) is 1.94. The van der Waals surface area contributed by atoms with Crippen molar-refractivity contribution in [3.63, 3.8) is 0 Å². The van der Waals surface area contributed by atoms with Gasteiger partial charge in [-0.05, 0) is 31.2 Å². The Morgan fingerprint density at radius 1 is 1.28 bits per heavy atom. The largest absolute Gasteiger partial charge is 0.387 e. The van der Waals surface area contributed by atoms with Crippen molar-refractivity contribution in [3.05, 3.63) is 47.7 Å². The minimum absolute atomic E-state index is 0.205. The predicted molar refractivity (Wildman–Crippen MR) is 70.7 cm³/mol. The highest BCUT2D eigenvalue weighted by molar-refractivity contribution is 6.07. The quantitative estimate of drug-likeness (QED) is 0.864. The summed E-state index contributed by atoms with van der Waals surface area (Å²) in [7, 11) is 1.78. The number of benzene rings is 1. The number of amides is 1. The first kappa shape index (κ1) is 12.0. The molecule has 1 amide bonds. The minimum Gasteiger partial charge on any atom is -0.387 e. The van der Waals surface area contributed by atoms with Crippen LogP contribution in [0.4, 0.5) is 11.5 Å². The van der Waals surface area contributed by atoms with Crippen LogP contribution in [-0.2, 0) is 0 Å². The van der Waals surface area contributed by atoms with Crippen molar-refractivity contribution >= 4 is 17.4 Å². The lowest BCUT2D eigenvalue weighted by Crippen LogP contribution is -2.15. The van der Waals surface area contributed by atoms with Gasteiger partial charge in [0.25, 0.3) is 5.91 Å². The SMILES string of the molecule is CNc1ccc(C)cc1C(=O)Nc1cccnn1. The van der Waals surface area contributed by atoms with Crippen LogP contribution in [0.2, 0.25) is 0 Å². The van der Waals surface area contributed by atoms with Crippen molar-refractivity contribution in [3.8, 4) is 0 Å². The number of aryl methyl sites for hydroxylation is 1. The van der Waals surface area contributed by atoms with Gasteiger partial charge in [-0.3, -0.25) is 4.79 Å². The maximum absolute atomic E-state index is 12.1. The third-order valence-corrected chi connectivity index (χ3v) is 2.50. The Hall–Kier alpha value is -2.43. The van der Waals surface area contributed by atoms with Crippen molar-refractivity contribution in [2.75, 3.05) is 17.7 Å². The summed E-state index contributed by atoms with van der Waals surface area (Å²) in [6, 6.07) is 9.07. The van der Waals surface area contributed by atoms with Crippen molar-refractivity contribution in [2.24, 2.45) is 0 Å². The summed E-state index contributed by atoms with van der Waals surface area (Å²) < 4.78 is 0. The lowest BCUT2D eigenvalue weighted by atomic mass is 10.1.